The van der Waals surface area contributed by atoms with E-state index in [-0.39, 0.29) is 11.8 Å². The Morgan fingerprint density at radius 3 is 2.64 bits per heavy atom. The smallest absolute Gasteiger partial charge is 0.227 e. The van der Waals surface area contributed by atoms with Crippen LogP contribution in [0.2, 0.25) is 0 Å². The number of nitrogens with one attached hydrogen (secondary N) is 1. The van der Waals surface area contributed by atoms with E-state index in [9.17, 15) is 4.79 Å². The fraction of sp³-hybridized carbons (Fsp3) is 0.333. The third-order valence-corrected chi connectivity index (χ3v) is 4.66. The van der Waals surface area contributed by atoms with E-state index >= 15 is 0 Å². The summed E-state index contributed by atoms with van der Waals surface area (Å²) in [4.78, 5) is 14.7. The maximum Gasteiger partial charge on any atom is 0.227 e. The normalized spacial score (nSPS) is 15.5. The van der Waals surface area contributed by atoms with Crippen molar-refractivity contribution < 1.29 is 4.79 Å². The van der Waals surface area contributed by atoms with E-state index in [1.54, 1.807) is 10.8 Å². The molecule has 1 aliphatic rings. The van der Waals surface area contributed by atoms with Crippen LogP contribution in [-0.4, -0.2) is 38.8 Å². The van der Waals surface area contributed by atoms with Crippen LogP contribution in [0, 0.1) is 12.8 Å². The van der Waals surface area contributed by atoms with Crippen LogP contribution in [0.5, 0.6) is 0 Å². The number of anilines is 2. The van der Waals surface area contributed by atoms with Crippen molar-refractivity contribution >= 4 is 23.1 Å². The number of aryl methyl sites for hydroxylation is 1. The van der Waals surface area contributed by atoms with Crippen LogP contribution in [0.25, 0.3) is 5.65 Å². The number of benzene rings is 1. The number of nitrogens with zero attached hydrogens (tertiary/aromatic N) is 5. The summed E-state index contributed by atoms with van der Waals surface area (Å²) < 4.78 is 1.67. The van der Waals surface area contributed by atoms with Gasteiger partial charge in [-0.2, -0.15) is 4.52 Å². The first-order valence-corrected chi connectivity index (χ1v) is 8.48. The topological polar surface area (TPSA) is 75.4 Å². The van der Waals surface area contributed by atoms with Crippen molar-refractivity contribution in [1.82, 2.24) is 19.8 Å². The summed E-state index contributed by atoms with van der Waals surface area (Å²) in [6, 6.07) is 11.8. The van der Waals surface area contributed by atoms with Crippen molar-refractivity contribution in [3.8, 4) is 0 Å². The number of hydrogen-bond donors (Lipinski definition) is 1. The molecule has 1 fully saturated rings. The van der Waals surface area contributed by atoms with Crippen LogP contribution in [0.3, 0.4) is 0 Å². The Bertz CT molecular complexity index is 880. The van der Waals surface area contributed by atoms with E-state index in [0.29, 0.717) is 0 Å². The molecule has 0 aliphatic carbocycles. The van der Waals surface area contributed by atoms with Gasteiger partial charge in [0, 0.05) is 24.7 Å². The number of fused-ring (bicyclic) bond motifs is 1. The summed E-state index contributed by atoms with van der Waals surface area (Å²) in [5.41, 5.74) is 2.78. The summed E-state index contributed by atoms with van der Waals surface area (Å²) in [7, 11) is 0. The van der Waals surface area contributed by atoms with E-state index in [0.717, 1.165) is 43.1 Å². The second-order valence-corrected chi connectivity index (χ2v) is 6.44. The summed E-state index contributed by atoms with van der Waals surface area (Å²) in [6.07, 6.45) is 3.24. The highest BCUT2D eigenvalue weighted by atomic mass is 16.1. The number of carbonyl (C=O) groups excluding carboxylic acids is 1. The van der Waals surface area contributed by atoms with Gasteiger partial charge in [0.25, 0.3) is 0 Å². The maximum atomic E-state index is 12.5. The van der Waals surface area contributed by atoms with Crippen molar-refractivity contribution in [1.29, 1.82) is 0 Å². The lowest BCUT2D eigenvalue weighted by atomic mass is 9.96. The zero-order valence-corrected chi connectivity index (χ0v) is 14.1. The van der Waals surface area contributed by atoms with Gasteiger partial charge in [-0.15, -0.1) is 15.3 Å². The van der Waals surface area contributed by atoms with Crippen molar-refractivity contribution in [2.45, 2.75) is 19.8 Å². The molecule has 1 amide bonds. The predicted molar refractivity (Wildman–Crippen MR) is 95.5 cm³/mol. The van der Waals surface area contributed by atoms with E-state index in [1.165, 1.54) is 5.56 Å². The SMILES string of the molecule is Cc1ccc(NC(=O)C2CCN(c3ccc4nncn4n3)CC2)cc1. The fourth-order valence-corrected chi connectivity index (χ4v) is 3.14. The molecule has 0 radical (unpaired) electrons. The first-order valence-electron chi connectivity index (χ1n) is 8.48. The Morgan fingerprint density at radius 1 is 1.12 bits per heavy atom. The van der Waals surface area contributed by atoms with Gasteiger partial charge in [-0.25, -0.2) is 0 Å². The van der Waals surface area contributed by atoms with E-state index in [4.69, 9.17) is 0 Å². The molecule has 1 aromatic carbocycles. The first-order chi connectivity index (χ1) is 12.2. The van der Waals surface area contributed by atoms with Gasteiger partial charge in [-0.3, -0.25) is 4.79 Å². The highest BCUT2D eigenvalue weighted by molar-refractivity contribution is 5.92. The average molecular weight is 336 g/mol. The first kappa shape index (κ1) is 15.6. The van der Waals surface area contributed by atoms with Gasteiger partial charge in [0.05, 0.1) is 0 Å². The van der Waals surface area contributed by atoms with Gasteiger partial charge >= 0.3 is 0 Å². The Morgan fingerprint density at radius 2 is 1.88 bits per heavy atom. The molecule has 1 aliphatic heterocycles. The monoisotopic (exact) mass is 336 g/mol. The molecule has 2 aromatic heterocycles. The maximum absolute atomic E-state index is 12.5. The fourth-order valence-electron chi connectivity index (χ4n) is 3.14. The van der Waals surface area contributed by atoms with Gasteiger partial charge in [-0.05, 0) is 44.0 Å². The van der Waals surface area contributed by atoms with Gasteiger partial charge in [0.1, 0.15) is 12.1 Å². The molecule has 0 atom stereocenters. The second-order valence-electron chi connectivity index (χ2n) is 6.44. The Kier molecular flexibility index (Phi) is 4.05. The molecular formula is C18H20N6O. The standard InChI is InChI=1S/C18H20N6O/c1-13-2-4-15(5-3-13)20-18(25)14-8-10-23(11-9-14)17-7-6-16-21-19-12-24(16)22-17/h2-7,12,14H,8-11H2,1H3,(H,20,25). The lowest BCUT2D eigenvalue weighted by Crippen LogP contribution is -2.38. The number of amides is 1. The summed E-state index contributed by atoms with van der Waals surface area (Å²) in [6.45, 7) is 3.66. The molecule has 0 unspecified atom stereocenters. The largest absolute Gasteiger partial charge is 0.355 e. The molecule has 7 nitrogen and oxygen atoms in total. The molecule has 1 saturated heterocycles. The predicted octanol–water partition coefficient (Wildman–Crippen LogP) is 2.29. The summed E-state index contributed by atoms with van der Waals surface area (Å²) in [5.74, 6) is 1.03. The summed E-state index contributed by atoms with van der Waals surface area (Å²) >= 11 is 0. The quantitative estimate of drug-likeness (QED) is 0.794. The van der Waals surface area contributed by atoms with E-state index in [2.05, 4.69) is 25.5 Å². The highest BCUT2D eigenvalue weighted by Crippen LogP contribution is 2.23. The van der Waals surface area contributed by atoms with E-state index in [1.807, 2.05) is 43.3 Å². The van der Waals surface area contributed by atoms with Gasteiger partial charge in [-0.1, -0.05) is 17.7 Å². The molecule has 3 aromatic rings. The molecular weight excluding hydrogens is 316 g/mol. The lowest BCUT2D eigenvalue weighted by Gasteiger charge is -2.32. The Labute approximate surface area is 145 Å². The Balaban J connectivity index is 1.37. The number of carbonyl (C=O) groups is 1. The molecule has 7 heteroatoms. The number of aromatic nitrogens is 4. The number of piperidine rings is 1. The van der Waals surface area contributed by atoms with Crippen molar-refractivity contribution in [3.05, 3.63) is 48.3 Å². The van der Waals surface area contributed by atoms with Crippen molar-refractivity contribution in [2.24, 2.45) is 5.92 Å². The molecule has 128 valence electrons. The van der Waals surface area contributed by atoms with Crippen molar-refractivity contribution in [3.63, 3.8) is 0 Å². The molecule has 0 spiro atoms. The third-order valence-electron chi connectivity index (χ3n) is 4.66. The van der Waals surface area contributed by atoms with Crippen LogP contribution >= 0.6 is 0 Å². The zero-order valence-electron chi connectivity index (χ0n) is 14.1. The van der Waals surface area contributed by atoms with Crippen LogP contribution in [0.4, 0.5) is 11.5 Å². The third kappa shape index (κ3) is 3.31. The average Bonchev–Trinajstić information content (AvgIpc) is 3.11. The minimum absolute atomic E-state index is 0.0381. The number of rotatable bonds is 3. The molecule has 0 bridgehead atoms. The molecule has 0 saturated carbocycles. The van der Waals surface area contributed by atoms with Gasteiger partial charge in [0.2, 0.25) is 5.91 Å². The second kappa shape index (κ2) is 6.51. The highest BCUT2D eigenvalue weighted by Gasteiger charge is 2.25. The van der Waals surface area contributed by atoms with Crippen LogP contribution in [0.1, 0.15) is 18.4 Å². The van der Waals surface area contributed by atoms with Gasteiger partial charge in [0.15, 0.2) is 5.65 Å². The minimum Gasteiger partial charge on any atom is -0.355 e. The molecule has 25 heavy (non-hydrogen) atoms. The minimum atomic E-state index is 0.0381. The van der Waals surface area contributed by atoms with Crippen LogP contribution < -0.4 is 10.2 Å². The van der Waals surface area contributed by atoms with Gasteiger partial charge < -0.3 is 10.2 Å². The summed E-state index contributed by atoms with van der Waals surface area (Å²) in [5, 5.41) is 15.4. The Hall–Kier alpha value is -2.96. The molecule has 3 heterocycles. The number of hydrogen-bond acceptors (Lipinski definition) is 5. The lowest BCUT2D eigenvalue weighted by molar-refractivity contribution is -0.120. The van der Waals surface area contributed by atoms with E-state index < -0.39 is 0 Å². The van der Waals surface area contributed by atoms with Crippen molar-refractivity contribution in [2.75, 3.05) is 23.3 Å². The molecule has 1 N–H and O–H groups in total. The van der Waals surface area contributed by atoms with Crippen LogP contribution in [-0.2, 0) is 4.79 Å². The zero-order chi connectivity index (χ0) is 17.2. The molecule has 4 rings (SSSR count). The van der Waals surface area contributed by atoms with Crippen LogP contribution in [0.15, 0.2) is 42.7 Å².